The van der Waals surface area contributed by atoms with Crippen LogP contribution in [0.3, 0.4) is 0 Å². The van der Waals surface area contributed by atoms with Gasteiger partial charge >= 0.3 is 0 Å². The Balaban J connectivity index is 2.50. The Morgan fingerprint density at radius 3 is 2.81 bits per heavy atom. The number of hydrogen-bond donors (Lipinski definition) is 2. The maximum absolute atomic E-state index is 11.7. The van der Waals surface area contributed by atoms with Crippen molar-refractivity contribution in [1.29, 1.82) is 0 Å². The lowest BCUT2D eigenvalue weighted by molar-refractivity contribution is 0.0953. The smallest absolute Gasteiger partial charge is 0.251 e. The molecule has 0 atom stereocenters. The van der Waals surface area contributed by atoms with Crippen LogP contribution in [-0.2, 0) is 0 Å². The van der Waals surface area contributed by atoms with Gasteiger partial charge in [0.2, 0.25) is 0 Å². The molecule has 1 amide bonds. The molecule has 0 bridgehead atoms. The van der Waals surface area contributed by atoms with Gasteiger partial charge in [0.25, 0.3) is 5.91 Å². The SMILES string of the molecule is CNCCCNC(=O)c1ccc(Br)c(Cl)c1. The van der Waals surface area contributed by atoms with Gasteiger partial charge in [0, 0.05) is 16.6 Å². The second-order valence-electron chi connectivity index (χ2n) is 3.34. The van der Waals surface area contributed by atoms with Gasteiger partial charge in [-0.1, -0.05) is 11.6 Å². The van der Waals surface area contributed by atoms with Crippen LogP contribution < -0.4 is 10.6 Å². The lowest BCUT2D eigenvalue weighted by Gasteiger charge is -2.05. The Morgan fingerprint density at radius 2 is 2.19 bits per heavy atom. The van der Waals surface area contributed by atoms with E-state index in [-0.39, 0.29) is 5.91 Å². The Morgan fingerprint density at radius 1 is 1.44 bits per heavy atom. The Bertz CT molecular complexity index is 371. The third-order valence-electron chi connectivity index (χ3n) is 2.07. The van der Waals surface area contributed by atoms with Crippen LogP contribution in [-0.4, -0.2) is 26.0 Å². The van der Waals surface area contributed by atoms with Gasteiger partial charge in [-0.3, -0.25) is 4.79 Å². The minimum atomic E-state index is -0.0921. The first-order valence-electron chi connectivity index (χ1n) is 5.03. The summed E-state index contributed by atoms with van der Waals surface area (Å²) in [5, 5.41) is 6.39. The highest BCUT2D eigenvalue weighted by molar-refractivity contribution is 9.10. The maximum Gasteiger partial charge on any atom is 0.251 e. The summed E-state index contributed by atoms with van der Waals surface area (Å²) < 4.78 is 0.792. The fraction of sp³-hybridized carbons (Fsp3) is 0.364. The predicted molar refractivity (Wildman–Crippen MR) is 70.0 cm³/mol. The van der Waals surface area contributed by atoms with Gasteiger partial charge in [-0.15, -0.1) is 0 Å². The fourth-order valence-electron chi connectivity index (χ4n) is 1.21. The van der Waals surface area contributed by atoms with Gasteiger partial charge < -0.3 is 10.6 Å². The van der Waals surface area contributed by atoms with E-state index in [1.807, 2.05) is 7.05 Å². The molecule has 16 heavy (non-hydrogen) atoms. The number of halogens is 2. The molecule has 88 valence electrons. The van der Waals surface area contributed by atoms with Gasteiger partial charge in [0.1, 0.15) is 0 Å². The maximum atomic E-state index is 11.7. The normalized spacial score (nSPS) is 10.2. The largest absolute Gasteiger partial charge is 0.352 e. The molecule has 0 saturated carbocycles. The molecule has 2 N–H and O–H groups in total. The van der Waals surface area contributed by atoms with Crippen molar-refractivity contribution in [2.24, 2.45) is 0 Å². The van der Waals surface area contributed by atoms with E-state index in [9.17, 15) is 4.79 Å². The van der Waals surface area contributed by atoms with E-state index < -0.39 is 0 Å². The van der Waals surface area contributed by atoms with E-state index in [4.69, 9.17) is 11.6 Å². The third kappa shape index (κ3) is 4.12. The van der Waals surface area contributed by atoms with Gasteiger partial charge in [-0.25, -0.2) is 0 Å². The third-order valence-corrected chi connectivity index (χ3v) is 3.30. The molecule has 3 nitrogen and oxygen atoms in total. The number of nitrogens with one attached hydrogen (secondary N) is 2. The summed E-state index contributed by atoms with van der Waals surface area (Å²) in [4.78, 5) is 11.7. The Labute approximate surface area is 109 Å². The zero-order valence-electron chi connectivity index (χ0n) is 9.02. The van der Waals surface area contributed by atoms with E-state index in [0.29, 0.717) is 17.1 Å². The summed E-state index contributed by atoms with van der Waals surface area (Å²) >= 11 is 9.18. The van der Waals surface area contributed by atoms with Crippen molar-refractivity contribution in [2.45, 2.75) is 6.42 Å². The van der Waals surface area contributed by atoms with Crippen molar-refractivity contribution < 1.29 is 4.79 Å². The molecule has 0 aromatic heterocycles. The summed E-state index contributed by atoms with van der Waals surface area (Å²) in [6.45, 7) is 1.55. The molecule has 1 rings (SSSR count). The molecular weight excluding hydrogens is 291 g/mol. The first-order chi connectivity index (χ1) is 7.65. The second kappa shape index (κ2) is 6.89. The van der Waals surface area contributed by atoms with Gasteiger partial charge in [0.05, 0.1) is 5.02 Å². The number of amides is 1. The summed E-state index contributed by atoms with van der Waals surface area (Å²) in [5.41, 5.74) is 0.581. The van der Waals surface area contributed by atoms with Crippen LogP contribution in [0.15, 0.2) is 22.7 Å². The van der Waals surface area contributed by atoms with Crippen molar-refractivity contribution in [3.05, 3.63) is 33.3 Å². The van der Waals surface area contributed by atoms with E-state index in [0.717, 1.165) is 17.4 Å². The molecule has 1 aromatic carbocycles. The summed E-state index contributed by atoms with van der Waals surface area (Å²) in [6.07, 6.45) is 0.909. The quantitative estimate of drug-likeness (QED) is 0.821. The summed E-state index contributed by atoms with van der Waals surface area (Å²) in [7, 11) is 1.89. The number of carbonyl (C=O) groups is 1. The molecule has 1 aromatic rings. The van der Waals surface area contributed by atoms with Crippen molar-refractivity contribution in [3.63, 3.8) is 0 Å². The van der Waals surface area contributed by atoms with Crippen LogP contribution >= 0.6 is 27.5 Å². The van der Waals surface area contributed by atoms with Crippen molar-refractivity contribution in [3.8, 4) is 0 Å². The highest BCUT2D eigenvalue weighted by atomic mass is 79.9. The van der Waals surface area contributed by atoms with E-state index in [1.165, 1.54) is 0 Å². The standard InChI is InChI=1S/C11H14BrClN2O/c1-14-5-2-6-15-11(16)8-3-4-9(12)10(13)7-8/h3-4,7,14H,2,5-6H2,1H3,(H,15,16). The highest BCUT2D eigenvalue weighted by Gasteiger charge is 2.06. The lowest BCUT2D eigenvalue weighted by Crippen LogP contribution is -2.26. The average Bonchev–Trinajstić information content (AvgIpc) is 2.28. The van der Waals surface area contributed by atoms with Crippen LogP contribution in [0.2, 0.25) is 5.02 Å². The Hall–Kier alpha value is -0.580. The number of carbonyl (C=O) groups excluding carboxylic acids is 1. The molecule has 0 aliphatic rings. The molecule has 0 aliphatic heterocycles. The monoisotopic (exact) mass is 304 g/mol. The van der Waals surface area contributed by atoms with Crippen LogP contribution in [0, 0.1) is 0 Å². The van der Waals surface area contributed by atoms with Crippen molar-refractivity contribution >= 4 is 33.4 Å². The average molecular weight is 306 g/mol. The summed E-state index contributed by atoms with van der Waals surface area (Å²) in [6, 6.07) is 5.16. The molecule has 0 spiro atoms. The minimum Gasteiger partial charge on any atom is -0.352 e. The molecule has 0 aliphatic carbocycles. The van der Waals surface area contributed by atoms with E-state index in [1.54, 1.807) is 18.2 Å². The topological polar surface area (TPSA) is 41.1 Å². The van der Waals surface area contributed by atoms with Crippen molar-refractivity contribution in [1.82, 2.24) is 10.6 Å². The second-order valence-corrected chi connectivity index (χ2v) is 4.60. The predicted octanol–water partition coefficient (Wildman–Crippen LogP) is 2.44. The first-order valence-corrected chi connectivity index (χ1v) is 6.20. The molecule has 0 saturated heterocycles. The van der Waals surface area contributed by atoms with Gasteiger partial charge in [0.15, 0.2) is 0 Å². The van der Waals surface area contributed by atoms with E-state index in [2.05, 4.69) is 26.6 Å². The zero-order valence-corrected chi connectivity index (χ0v) is 11.4. The van der Waals surface area contributed by atoms with Crippen LogP contribution in [0.4, 0.5) is 0 Å². The molecular formula is C11H14BrClN2O. The minimum absolute atomic E-state index is 0.0921. The molecule has 0 radical (unpaired) electrons. The molecule has 0 unspecified atom stereocenters. The number of benzene rings is 1. The molecule has 5 heteroatoms. The summed E-state index contributed by atoms with van der Waals surface area (Å²) in [5.74, 6) is -0.0921. The highest BCUT2D eigenvalue weighted by Crippen LogP contribution is 2.22. The van der Waals surface area contributed by atoms with Gasteiger partial charge in [-0.05, 0) is 54.1 Å². The number of rotatable bonds is 5. The molecule has 0 heterocycles. The zero-order chi connectivity index (χ0) is 12.0. The van der Waals surface area contributed by atoms with Crippen LogP contribution in [0.5, 0.6) is 0 Å². The molecule has 0 fully saturated rings. The van der Waals surface area contributed by atoms with Crippen molar-refractivity contribution in [2.75, 3.05) is 20.1 Å². The lowest BCUT2D eigenvalue weighted by atomic mass is 10.2. The van der Waals surface area contributed by atoms with Gasteiger partial charge in [-0.2, -0.15) is 0 Å². The fourth-order valence-corrected chi connectivity index (χ4v) is 1.63. The first kappa shape index (κ1) is 13.5. The van der Waals surface area contributed by atoms with Crippen LogP contribution in [0.25, 0.3) is 0 Å². The number of hydrogen-bond acceptors (Lipinski definition) is 2. The Kier molecular flexibility index (Phi) is 5.80. The van der Waals surface area contributed by atoms with Crippen LogP contribution in [0.1, 0.15) is 16.8 Å². The van der Waals surface area contributed by atoms with E-state index >= 15 is 0 Å².